The van der Waals surface area contributed by atoms with E-state index in [1.165, 1.54) is 25.6 Å². The number of halogens is 1. The number of carbonyl (C=O) groups is 1. The lowest BCUT2D eigenvalue weighted by molar-refractivity contribution is -0.132. The van der Waals surface area contributed by atoms with Gasteiger partial charge in [-0.05, 0) is 17.0 Å². The third kappa shape index (κ3) is 2.79. The highest BCUT2D eigenvalue weighted by atomic mass is 79.9. The Bertz CT molecular complexity index is 375. The van der Waals surface area contributed by atoms with Crippen LogP contribution in [0, 0.1) is 0 Å². The van der Waals surface area contributed by atoms with Gasteiger partial charge in [0.25, 0.3) is 0 Å². The number of hydrogen-bond acceptors (Lipinski definition) is 5. The van der Waals surface area contributed by atoms with E-state index in [-0.39, 0.29) is 5.71 Å². The van der Waals surface area contributed by atoms with Gasteiger partial charge in [0.15, 0.2) is 0 Å². The van der Waals surface area contributed by atoms with Gasteiger partial charge in [-0.15, -0.1) is 11.3 Å². The fourth-order valence-electron chi connectivity index (χ4n) is 1.01. The van der Waals surface area contributed by atoms with Crippen molar-refractivity contribution in [3.05, 3.63) is 21.9 Å². The molecular weight excluding hydrogens is 282 g/mol. The number of esters is 1. The molecule has 0 atom stereocenters. The minimum Gasteiger partial charge on any atom is -0.464 e. The summed E-state index contributed by atoms with van der Waals surface area (Å²) in [5.41, 5.74) is 1.19. The van der Waals surface area contributed by atoms with Crippen LogP contribution in [0.25, 0.3) is 0 Å². The van der Waals surface area contributed by atoms with Crippen LogP contribution in [0.1, 0.15) is 10.4 Å². The molecule has 1 rings (SSSR count). The van der Waals surface area contributed by atoms with Crippen LogP contribution in [-0.2, 0) is 19.7 Å². The molecule has 1 aromatic heterocycles. The molecule has 0 aliphatic rings. The summed E-state index contributed by atoms with van der Waals surface area (Å²) in [6, 6.07) is 1.92. The normalized spacial score (nSPS) is 11.3. The van der Waals surface area contributed by atoms with Crippen LogP contribution >= 0.6 is 27.3 Å². The number of methoxy groups -OCH3 is 1. The van der Waals surface area contributed by atoms with Gasteiger partial charge in [-0.3, -0.25) is 0 Å². The summed E-state index contributed by atoms with van der Waals surface area (Å²) in [7, 11) is 2.71. The lowest BCUT2D eigenvalue weighted by Crippen LogP contribution is -2.17. The minimum absolute atomic E-state index is 0.199. The van der Waals surface area contributed by atoms with Crippen molar-refractivity contribution in [3.63, 3.8) is 0 Å². The predicted octanol–water partition coefficient (Wildman–Crippen LogP) is 2.17. The van der Waals surface area contributed by atoms with Crippen molar-refractivity contribution in [2.45, 2.75) is 5.33 Å². The van der Waals surface area contributed by atoms with Crippen molar-refractivity contribution in [3.8, 4) is 0 Å². The molecule has 1 heterocycles. The molecule has 0 aliphatic heterocycles. The zero-order valence-corrected chi connectivity index (χ0v) is 10.7. The van der Waals surface area contributed by atoms with Crippen LogP contribution in [0.2, 0.25) is 0 Å². The second kappa shape index (κ2) is 5.87. The number of ether oxygens (including phenoxy) is 1. The first kappa shape index (κ1) is 12.2. The van der Waals surface area contributed by atoms with E-state index in [4.69, 9.17) is 0 Å². The van der Waals surface area contributed by atoms with Crippen LogP contribution in [0.5, 0.6) is 0 Å². The molecule has 6 heteroatoms. The van der Waals surface area contributed by atoms with Gasteiger partial charge >= 0.3 is 5.97 Å². The average Bonchev–Trinajstić information content (AvgIpc) is 2.72. The van der Waals surface area contributed by atoms with Crippen molar-refractivity contribution in [1.29, 1.82) is 0 Å². The smallest absolute Gasteiger partial charge is 0.361 e. The quantitative estimate of drug-likeness (QED) is 0.370. The van der Waals surface area contributed by atoms with Gasteiger partial charge in [-0.2, -0.15) is 0 Å². The van der Waals surface area contributed by atoms with Crippen molar-refractivity contribution in [2.75, 3.05) is 14.2 Å². The van der Waals surface area contributed by atoms with E-state index >= 15 is 0 Å². The Morgan fingerprint density at radius 2 is 2.33 bits per heavy atom. The molecule has 82 valence electrons. The van der Waals surface area contributed by atoms with E-state index in [9.17, 15) is 4.79 Å². The maximum absolute atomic E-state index is 11.4. The van der Waals surface area contributed by atoms with Gasteiger partial charge in [0.05, 0.1) is 12.0 Å². The minimum atomic E-state index is -0.499. The van der Waals surface area contributed by atoms with Gasteiger partial charge in [-0.25, -0.2) is 4.79 Å². The molecule has 0 aliphatic carbocycles. The van der Waals surface area contributed by atoms with Crippen molar-refractivity contribution < 1.29 is 14.4 Å². The molecule has 1 aromatic rings. The number of nitrogens with zero attached hydrogens (tertiary/aromatic N) is 1. The molecule has 0 fully saturated rings. The van der Waals surface area contributed by atoms with E-state index in [1.54, 1.807) is 0 Å². The summed E-state index contributed by atoms with van der Waals surface area (Å²) >= 11 is 4.76. The highest BCUT2D eigenvalue weighted by Gasteiger charge is 2.19. The largest absolute Gasteiger partial charge is 0.464 e. The number of carbonyl (C=O) groups excluding carboxylic acids is 1. The SMILES string of the molecule is CO/N=C(/C(=O)OC)c1sccc1CBr. The highest BCUT2D eigenvalue weighted by Crippen LogP contribution is 2.21. The molecule has 0 spiro atoms. The molecule has 0 unspecified atom stereocenters. The summed E-state index contributed by atoms with van der Waals surface area (Å²) in [6.07, 6.45) is 0. The van der Waals surface area contributed by atoms with Gasteiger partial charge < -0.3 is 9.57 Å². The molecule has 0 aromatic carbocycles. The molecule has 4 nitrogen and oxygen atoms in total. The molecule has 0 saturated carbocycles. The molecular formula is C9H10BrNO3S. The Balaban J connectivity index is 3.10. The summed E-state index contributed by atoms with van der Waals surface area (Å²) in [6.45, 7) is 0. The molecule has 0 amide bonds. The lowest BCUT2D eigenvalue weighted by atomic mass is 10.2. The maximum atomic E-state index is 11.4. The predicted molar refractivity (Wildman–Crippen MR) is 62.5 cm³/mol. The topological polar surface area (TPSA) is 47.9 Å². The fourth-order valence-corrected chi connectivity index (χ4v) is 2.55. The summed E-state index contributed by atoms with van der Waals surface area (Å²) < 4.78 is 4.63. The van der Waals surface area contributed by atoms with E-state index in [0.717, 1.165) is 10.4 Å². The van der Waals surface area contributed by atoms with Crippen LogP contribution in [0.4, 0.5) is 0 Å². The van der Waals surface area contributed by atoms with Crippen LogP contribution in [0.15, 0.2) is 16.6 Å². The molecule has 0 saturated heterocycles. The molecule has 15 heavy (non-hydrogen) atoms. The lowest BCUT2D eigenvalue weighted by Gasteiger charge is -2.02. The van der Waals surface area contributed by atoms with Crippen molar-refractivity contribution in [2.24, 2.45) is 5.16 Å². The van der Waals surface area contributed by atoms with E-state index in [1.807, 2.05) is 11.4 Å². The first-order valence-electron chi connectivity index (χ1n) is 4.06. The Hall–Kier alpha value is -0.880. The van der Waals surface area contributed by atoms with Crippen molar-refractivity contribution in [1.82, 2.24) is 0 Å². The zero-order chi connectivity index (χ0) is 11.3. The van der Waals surface area contributed by atoms with Crippen molar-refractivity contribution >= 4 is 38.9 Å². The maximum Gasteiger partial charge on any atom is 0.361 e. The Kier molecular flexibility index (Phi) is 4.77. The first-order chi connectivity index (χ1) is 7.24. The number of thiophene rings is 1. The van der Waals surface area contributed by atoms with Gasteiger partial charge in [0.2, 0.25) is 5.71 Å². The summed E-state index contributed by atoms with van der Waals surface area (Å²) in [4.78, 5) is 16.8. The second-order valence-electron chi connectivity index (χ2n) is 2.52. The van der Waals surface area contributed by atoms with Gasteiger partial charge in [0, 0.05) is 5.33 Å². The molecule has 0 N–H and O–H groups in total. The molecule has 0 radical (unpaired) electrons. The number of oxime groups is 1. The summed E-state index contributed by atoms with van der Waals surface area (Å²) in [5.74, 6) is -0.499. The Morgan fingerprint density at radius 3 is 2.87 bits per heavy atom. The molecule has 0 bridgehead atoms. The number of rotatable bonds is 4. The van der Waals surface area contributed by atoms with E-state index < -0.39 is 5.97 Å². The average molecular weight is 292 g/mol. The Labute approximate surface area is 100 Å². The van der Waals surface area contributed by atoms with Gasteiger partial charge in [0.1, 0.15) is 7.11 Å². The Morgan fingerprint density at radius 1 is 1.60 bits per heavy atom. The highest BCUT2D eigenvalue weighted by molar-refractivity contribution is 9.08. The number of hydrogen-bond donors (Lipinski definition) is 0. The van der Waals surface area contributed by atoms with E-state index in [0.29, 0.717) is 5.33 Å². The number of alkyl halides is 1. The van der Waals surface area contributed by atoms with Crippen LogP contribution in [0.3, 0.4) is 0 Å². The standard InChI is InChI=1S/C9H10BrNO3S/c1-13-9(12)7(11-14-2)8-6(5-10)3-4-15-8/h3-4H,5H2,1-2H3/b11-7+. The second-order valence-corrected chi connectivity index (χ2v) is 4.00. The van der Waals surface area contributed by atoms with Gasteiger partial charge in [-0.1, -0.05) is 21.1 Å². The first-order valence-corrected chi connectivity index (χ1v) is 6.06. The third-order valence-corrected chi connectivity index (χ3v) is 3.23. The van der Waals surface area contributed by atoms with E-state index in [2.05, 4.69) is 30.7 Å². The monoisotopic (exact) mass is 291 g/mol. The van der Waals surface area contributed by atoms with Crippen LogP contribution < -0.4 is 0 Å². The van der Waals surface area contributed by atoms with Crippen LogP contribution in [-0.4, -0.2) is 25.9 Å². The zero-order valence-electron chi connectivity index (χ0n) is 8.32. The summed E-state index contributed by atoms with van der Waals surface area (Å²) in [5, 5.41) is 6.22. The third-order valence-electron chi connectivity index (χ3n) is 1.67. The fraction of sp³-hybridized carbons (Fsp3) is 0.333.